The van der Waals surface area contributed by atoms with E-state index in [0.29, 0.717) is 10.6 Å². The Bertz CT molecular complexity index is 724. The van der Waals surface area contributed by atoms with Crippen LogP contribution < -0.4 is 0 Å². The predicted molar refractivity (Wildman–Crippen MR) is 92.8 cm³/mol. The van der Waals surface area contributed by atoms with E-state index in [2.05, 4.69) is 6.07 Å². The summed E-state index contributed by atoms with van der Waals surface area (Å²) in [6, 6.07) is 9.69. The zero-order valence-electron chi connectivity index (χ0n) is 12.0. The lowest BCUT2D eigenvalue weighted by Gasteiger charge is -2.20. The van der Waals surface area contributed by atoms with Crippen LogP contribution in [0.25, 0.3) is 11.1 Å². The molecule has 1 aromatic heterocycles. The van der Waals surface area contributed by atoms with E-state index in [-0.39, 0.29) is 5.25 Å². The maximum atomic E-state index is 12.8. The SMILES string of the molecule is N#Cc1c(-c2ccc(Cl)cc2)csc1[S@@](=O)C1CCCCC1. The highest BCUT2D eigenvalue weighted by Crippen LogP contribution is 2.36. The minimum Gasteiger partial charge on any atom is -0.253 e. The molecule has 0 radical (unpaired) electrons. The lowest BCUT2D eigenvalue weighted by molar-refractivity contribution is 0.505. The van der Waals surface area contributed by atoms with Gasteiger partial charge in [-0.3, -0.25) is 4.21 Å². The minimum atomic E-state index is -1.07. The van der Waals surface area contributed by atoms with E-state index in [1.165, 1.54) is 17.8 Å². The zero-order chi connectivity index (χ0) is 15.5. The molecular weight excluding hydrogens is 334 g/mol. The lowest BCUT2D eigenvalue weighted by atomic mass is 10.0. The molecule has 0 spiro atoms. The molecular formula is C17H16ClNOS2. The Morgan fingerprint density at radius 2 is 1.86 bits per heavy atom. The standard InChI is InChI=1S/C17H16ClNOS2/c18-13-8-6-12(7-9-13)16-11-21-17(15(16)10-19)22(20)14-4-2-1-3-5-14/h6-9,11,14H,1-5H2/t22-/m0/s1. The van der Waals surface area contributed by atoms with Gasteiger partial charge in [-0.15, -0.1) is 11.3 Å². The van der Waals surface area contributed by atoms with Gasteiger partial charge in [-0.2, -0.15) is 5.26 Å². The third-order valence-electron chi connectivity index (χ3n) is 4.06. The summed E-state index contributed by atoms with van der Waals surface area (Å²) in [5.41, 5.74) is 2.38. The zero-order valence-corrected chi connectivity index (χ0v) is 14.4. The van der Waals surface area contributed by atoms with Crippen LogP contribution in [-0.2, 0) is 10.8 Å². The molecule has 1 atom stereocenters. The largest absolute Gasteiger partial charge is 0.253 e. The fourth-order valence-corrected chi connectivity index (χ4v) is 6.10. The van der Waals surface area contributed by atoms with Gasteiger partial charge in [0.15, 0.2) is 0 Å². The molecule has 2 aromatic rings. The van der Waals surface area contributed by atoms with Crippen LogP contribution in [0, 0.1) is 11.3 Å². The van der Waals surface area contributed by atoms with Gasteiger partial charge in [0.1, 0.15) is 10.3 Å². The Kier molecular flexibility index (Phi) is 4.97. The van der Waals surface area contributed by atoms with Gasteiger partial charge in [0.2, 0.25) is 0 Å². The molecule has 0 N–H and O–H groups in total. The number of hydrogen-bond donors (Lipinski definition) is 0. The van der Waals surface area contributed by atoms with E-state index in [9.17, 15) is 9.47 Å². The first-order valence-electron chi connectivity index (χ1n) is 7.39. The quantitative estimate of drug-likeness (QED) is 0.746. The molecule has 5 heteroatoms. The van der Waals surface area contributed by atoms with Gasteiger partial charge in [-0.1, -0.05) is 43.0 Å². The van der Waals surface area contributed by atoms with Crippen LogP contribution in [0.2, 0.25) is 5.02 Å². The molecule has 2 nitrogen and oxygen atoms in total. The van der Waals surface area contributed by atoms with E-state index < -0.39 is 10.8 Å². The average Bonchev–Trinajstić information content (AvgIpc) is 2.99. The number of thiophene rings is 1. The number of nitrogens with zero attached hydrogens (tertiary/aromatic N) is 1. The number of halogens is 1. The van der Waals surface area contributed by atoms with Gasteiger partial charge < -0.3 is 0 Å². The summed E-state index contributed by atoms with van der Waals surface area (Å²) in [5.74, 6) is 0. The van der Waals surface area contributed by atoms with Crippen molar-refractivity contribution in [2.75, 3.05) is 0 Å². The molecule has 0 unspecified atom stereocenters. The summed E-state index contributed by atoms with van der Waals surface area (Å²) in [5, 5.41) is 12.4. The summed E-state index contributed by atoms with van der Waals surface area (Å²) in [7, 11) is -1.07. The molecule has 1 aromatic carbocycles. The normalized spacial score (nSPS) is 17.1. The van der Waals surface area contributed by atoms with E-state index in [1.54, 1.807) is 0 Å². The summed E-state index contributed by atoms with van der Waals surface area (Å²) < 4.78 is 13.6. The van der Waals surface area contributed by atoms with Gasteiger partial charge in [0.05, 0.1) is 16.4 Å². The molecule has 0 bridgehead atoms. The van der Waals surface area contributed by atoms with Crippen molar-refractivity contribution in [2.45, 2.75) is 41.6 Å². The topological polar surface area (TPSA) is 40.9 Å². The van der Waals surface area contributed by atoms with Crippen molar-refractivity contribution in [1.82, 2.24) is 0 Å². The van der Waals surface area contributed by atoms with Crippen molar-refractivity contribution < 1.29 is 4.21 Å². The van der Waals surface area contributed by atoms with Crippen LogP contribution in [0.3, 0.4) is 0 Å². The predicted octanol–water partition coefficient (Wildman–Crippen LogP) is 5.38. The van der Waals surface area contributed by atoms with Crippen LogP contribution in [0.4, 0.5) is 0 Å². The fraction of sp³-hybridized carbons (Fsp3) is 0.353. The molecule has 1 heterocycles. The number of nitriles is 1. The third kappa shape index (κ3) is 3.12. The Hall–Kier alpha value is -1.15. The first-order valence-corrected chi connectivity index (χ1v) is 9.86. The van der Waals surface area contributed by atoms with Gasteiger partial charge >= 0.3 is 0 Å². The number of hydrogen-bond acceptors (Lipinski definition) is 3. The Labute approximate surface area is 142 Å². The third-order valence-corrected chi connectivity index (χ3v) is 7.51. The lowest BCUT2D eigenvalue weighted by Crippen LogP contribution is -2.18. The number of benzene rings is 1. The molecule has 1 aliphatic carbocycles. The second kappa shape index (κ2) is 6.95. The van der Waals surface area contributed by atoms with E-state index in [0.717, 1.165) is 41.0 Å². The second-order valence-corrected chi connectivity index (χ2v) is 8.73. The first kappa shape index (κ1) is 15.7. The molecule has 1 aliphatic rings. The Balaban J connectivity index is 1.95. The summed E-state index contributed by atoms with van der Waals surface area (Å²) in [4.78, 5) is 0. The van der Waals surface area contributed by atoms with Crippen LogP contribution in [0.1, 0.15) is 37.7 Å². The summed E-state index contributed by atoms with van der Waals surface area (Å²) in [6.45, 7) is 0. The van der Waals surface area contributed by atoms with Crippen molar-refractivity contribution in [3.63, 3.8) is 0 Å². The van der Waals surface area contributed by atoms with E-state index in [1.807, 2.05) is 29.6 Å². The second-order valence-electron chi connectivity index (χ2n) is 5.49. The molecule has 0 aliphatic heterocycles. The maximum absolute atomic E-state index is 12.8. The smallest absolute Gasteiger partial charge is 0.110 e. The van der Waals surface area contributed by atoms with Crippen LogP contribution in [0.5, 0.6) is 0 Å². The highest BCUT2D eigenvalue weighted by molar-refractivity contribution is 7.88. The van der Waals surface area contributed by atoms with Gasteiger partial charge in [0.25, 0.3) is 0 Å². The summed E-state index contributed by atoms with van der Waals surface area (Å²) >= 11 is 7.36. The minimum absolute atomic E-state index is 0.206. The van der Waals surface area contributed by atoms with Crippen molar-refractivity contribution >= 4 is 33.7 Å². The van der Waals surface area contributed by atoms with Crippen LogP contribution in [-0.4, -0.2) is 9.46 Å². The van der Waals surface area contributed by atoms with Crippen LogP contribution in [0.15, 0.2) is 33.9 Å². The molecule has 114 valence electrons. The summed E-state index contributed by atoms with van der Waals surface area (Å²) in [6.07, 6.45) is 5.54. The number of rotatable bonds is 3. The Morgan fingerprint density at radius 3 is 2.50 bits per heavy atom. The fourth-order valence-electron chi connectivity index (χ4n) is 2.87. The van der Waals surface area contributed by atoms with Gasteiger partial charge in [0, 0.05) is 21.2 Å². The highest BCUT2D eigenvalue weighted by atomic mass is 35.5. The molecule has 3 rings (SSSR count). The van der Waals surface area contributed by atoms with E-state index >= 15 is 0 Å². The van der Waals surface area contributed by atoms with Crippen molar-refractivity contribution in [1.29, 1.82) is 5.26 Å². The van der Waals surface area contributed by atoms with Gasteiger partial charge in [-0.25, -0.2) is 0 Å². The highest BCUT2D eigenvalue weighted by Gasteiger charge is 2.26. The molecule has 0 amide bonds. The molecule has 1 saturated carbocycles. The molecule has 1 fully saturated rings. The first-order chi connectivity index (χ1) is 10.7. The van der Waals surface area contributed by atoms with Crippen LogP contribution >= 0.6 is 22.9 Å². The van der Waals surface area contributed by atoms with Crippen molar-refractivity contribution in [3.05, 3.63) is 40.2 Å². The maximum Gasteiger partial charge on any atom is 0.110 e. The van der Waals surface area contributed by atoms with Crippen molar-refractivity contribution in [3.8, 4) is 17.2 Å². The van der Waals surface area contributed by atoms with Crippen molar-refractivity contribution in [2.24, 2.45) is 0 Å². The van der Waals surface area contributed by atoms with Gasteiger partial charge in [-0.05, 0) is 30.5 Å². The Morgan fingerprint density at radius 1 is 1.18 bits per heavy atom. The molecule has 22 heavy (non-hydrogen) atoms. The van der Waals surface area contributed by atoms with E-state index in [4.69, 9.17) is 11.6 Å². The average molecular weight is 350 g/mol. The monoisotopic (exact) mass is 349 g/mol. The molecule has 0 saturated heterocycles.